The van der Waals surface area contributed by atoms with Gasteiger partial charge in [-0.25, -0.2) is 4.79 Å². The van der Waals surface area contributed by atoms with Gasteiger partial charge in [0, 0.05) is 11.3 Å². The van der Waals surface area contributed by atoms with Crippen LogP contribution < -0.4 is 0 Å². The number of hydrogen-bond donors (Lipinski definition) is 1. The third kappa shape index (κ3) is 2.86. The second kappa shape index (κ2) is 7.54. The fourth-order valence-electron chi connectivity index (χ4n) is 10.2. The molecule has 0 aromatic rings. The first-order valence-electron chi connectivity index (χ1n) is 15.2. The van der Waals surface area contributed by atoms with Gasteiger partial charge in [0.2, 0.25) is 5.60 Å². The number of rotatable bonds is 2. The fourth-order valence-corrected chi connectivity index (χ4v) is 10.2. The summed E-state index contributed by atoms with van der Waals surface area (Å²) in [6.07, 6.45) is 3.42. The molecule has 0 aromatic carbocycles. The fraction of sp³-hybridized carbons (Fsp3) is 0.788. The molecule has 5 fully saturated rings. The quantitative estimate of drug-likeness (QED) is 0.388. The summed E-state index contributed by atoms with van der Waals surface area (Å²) in [5.74, 6) is -2.26. The topological polar surface area (TPSA) is 108 Å². The molecule has 41 heavy (non-hydrogen) atoms. The van der Waals surface area contributed by atoms with Crippen molar-refractivity contribution < 1.29 is 38.4 Å². The SMILES string of the molecule is CC1=C[C@]23C(=O)[C@@H](C=C4COC(C)(C)O[C@H]4[C@]2(O)[C@H]1OC(=O)C12CCC(C)(C(=O)O1)C2(C)C)[C@H]1[C@@H](C[C@H]3C)C1(C)C. The summed E-state index contributed by atoms with van der Waals surface area (Å²) in [6.45, 7) is 17.7. The minimum absolute atomic E-state index is 0.0102. The summed E-state index contributed by atoms with van der Waals surface area (Å²) in [4.78, 5) is 42.1. The summed E-state index contributed by atoms with van der Waals surface area (Å²) >= 11 is 0. The molecule has 5 aliphatic carbocycles. The third-order valence-corrected chi connectivity index (χ3v) is 13.3. The number of fused-ring (bicyclic) bond motifs is 7. The molecule has 2 aliphatic heterocycles. The lowest BCUT2D eigenvalue weighted by atomic mass is 9.58. The number of Topliss-reactive ketones (excluding diaryl/α,β-unsaturated/α-hetero) is 1. The molecule has 0 amide bonds. The highest BCUT2D eigenvalue weighted by Gasteiger charge is 2.80. The Labute approximate surface area is 242 Å². The number of carbonyl (C=O) groups excluding carboxylic acids is 3. The number of allylic oxidation sites excluding steroid dienone is 1. The Morgan fingerprint density at radius 1 is 1.07 bits per heavy atom. The Morgan fingerprint density at radius 3 is 2.37 bits per heavy atom. The van der Waals surface area contributed by atoms with E-state index in [2.05, 4.69) is 13.8 Å². The Hall–Kier alpha value is -2.03. The highest BCUT2D eigenvalue weighted by Crippen LogP contribution is 2.72. The Bertz CT molecular complexity index is 1350. The molecule has 224 valence electrons. The zero-order valence-electron chi connectivity index (χ0n) is 25.8. The van der Waals surface area contributed by atoms with Crippen LogP contribution in [0.15, 0.2) is 23.3 Å². The van der Waals surface area contributed by atoms with Crippen LogP contribution >= 0.6 is 0 Å². The van der Waals surface area contributed by atoms with Crippen molar-refractivity contribution >= 4 is 17.7 Å². The summed E-state index contributed by atoms with van der Waals surface area (Å²) in [6, 6.07) is 0. The van der Waals surface area contributed by atoms with Gasteiger partial charge >= 0.3 is 11.9 Å². The number of esters is 2. The van der Waals surface area contributed by atoms with Crippen LogP contribution in [0.1, 0.15) is 81.6 Å². The molecule has 1 N–H and O–H groups in total. The standard InChI is InChI=1S/C33H44O8/c1-16-14-31-17(2)12-20-21(27(20,3)4)19(22(31)34)13-18-15-38-29(7,8)40-24(18)33(31,37)23(16)39-26(36)32-11-10-30(9,25(35)41-32)28(32,5)6/h13-14,17,19-21,23-24,37H,10-12,15H2,1-9H3/t17-,19+,20-,21+,23+,24-,30?,31+,32?,33-/m1/s1. The minimum Gasteiger partial charge on any atom is -0.452 e. The van der Waals surface area contributed by atoms with E-state index in [0.717, 1.165) is 6.42 Å². The van der Waals surface area contributed by atoms with Crippen LogP contribution in [0, 0.1) is 45.3 Å². The largest absolute Gasteiger partial charge is 0.452 e. The monoisotopic (exact) mass is 568 g/mol. The molecule has 2 unspecified atom stereocenters. The predicted molar refractivity (Wildman–Crippen MR) is 147 cm³/mol. The van der Waals surface area contributed by atoms with Gasteiger partial charge < -0.3 is 24.1 Å². The number of hydrogen-bond acceptors (Lipinski definition) is 8. The van der Waals surface area contributed by atoms with Crippen molar-refractivity contribution in [3.8, 4) is 0 Å². The average molecular weight is 569 g/mol. The van der Waals surface area contributed by atoms with Crippen LogP contribution in [0.4, 0.5) is 0 Å². The van der Waals surface area contributed by atoms with Crippen LogP contribution in [0.3, 0.4) is 0 Å². The van der Waals surface area contributed by atoms with E-state index in [1.54, 1.807) is 13.8 Å². The lowest BCUT2D eigenvalue weighted by molar-refractivity contribution is -0.305. The van der Waals surface area contributed by atoms with E-state index in [-0.39, 0.29) is 29.6 Å². The Balaban J connectivity index is 1.37. The minimum atomic E-state index is -1.91. The second-order valence-corrected chi connectivity index (χ2v) is 16.0. The number of aliphatic hydroxyl groups is 1. The maximum atomic E-state index is 14.9. The highest BCUT2D eigenvalue weighted by atomic mass is 16.7. The van der Waals surface area contributed by atoms with Gasteiger partial charge in [-0.1, -0.05) is 46.8 Å². The number of ketones is 1. The Morgan fingerprint density at radius 2 is 1.76 bits per heavy atom. The smallest absolute Gasteiger partial charge is 0.351 e. The van der Waals surface area contributed by atoms with Gasteiger partial charge in [0.1, 0.15) is 6.10 Å². The van der Waals surface area contributed by atoms with E-state index in [1.807, 2.05) is 46.8 Å². The van der Waals surface area contributed by atoms with Gasteiger partial charge in [-0.05, 0) is 81.3 Å². The molecule has 0 radical (unpaired) electrons. The van der Waals surface area contributed by atoms with Gasteiger partial charge in [-0.3, -0.25) is 9.59 Å². The van der Waals surface area contributed by atoms with Crippen LogP contribution in [0.5, 0.6) is 0 Å². The van der Waals surface area contributed by atoms with Crippen molar-refractivity contribution in [1.29, 1.82) is 0 Å². The predicted octanol–water partition coefficient (Wildman–Crippen LogP) is 4.29. The lowest BCUT2D eigenvalue weighted by Crippen LogP contribution is -2.68. The van der Waals surface area contributed by atoms with Crippen molar-refractivity contribution in [2.45, 2.75) is 111 Å². The zero-order valence-corrected chi connectivity index (χ0v) is 25.8. The van der Waals surface area contributed by atoms with Gasteiger partial charge in [0.05, 0.1) is 17.4 Å². The van der Waals surface area contributed by atoms with E-state index < -0.39 is 63.3 Å². The molecule has 0 aromatic heterocycles. The van der Waals surface area contributed by atoms with Crippen molar-refractivity contribution in [3.63, 3.8) is 0 Å². The molecule has 7 aliphatic rings. The molecule has 4 bridgehead atoms. The van der Waals surface area contributed by atoms with E-state index >= 15 is 0 Å². The Kier molecular flexibility index (Phi) is 5.11. The van der Waals surface area contributed by atoms with Crippen molar-refractivity contribution in [3.05, 3.63) is 23.3 Å². The van der Waals surface area contributed by atoms with Crippen molar-refractivity contribution in [2.24, 2.45) is 45.3 Å². The normalized spacial score (nSPS) is 51.3. The maximum Gasteiger partial charge on any atom is 0.351 e. The van der Waals surface area contributed by atoms with E-state index in [4.69, 9.17) is 18.9 Å². The van der Waals surface area contributed by atoms with E-state index in [9.17, 15) is 19.5 Å². The van der Waals surface area contributed by atoms with Crippen LogP contribution in [0.25, 0.3) is 0 Å². The van der Waals surface area contributed by atoms with Crippen molar-refractivity contribution in [1.82, 2.24) is 0 Å². The van der Waals surface area contributed by atoms with Crippen LogP contribution in [-0.2, 0) is 33.3 Å². The molecular weight excluding hydrogens is 524 g/mol. The second-order valence-electron chi connectivity index (χ2n) is 16.0. The first-order chi connectivity index (χ1) is 18.8. The summed E-state index contributed by atoms with van der Waals surface area (Å²) < 4.78 is 24.8. The number of ether oxygens (including phenoxy) is 4. The average Bonchev–Trinajstić information content (AvgIpc) is 3.21. The van der Waals surface area contributed by atoms with Gasteiger partial charge in [0.25, 0.3) is 0 Å². The molecule has 8 heteroatoms. The summed E-state index contributed by atoms with van der Waals surface area (Å²) in [5.41, 5.74) is -4.96. The third-order valence-electron chi connectivity index (χ3n) is 13.3. The van der Waals surface area contributed by atoms with Gasteiger partial charge in [0.15, 0.2) is 23.3 Å². The van der Waals surface area contributed by atoms with Crippen LogP contribution in [0.2, 0.25) is 0 Å². The lowest BCUT2D eigenvalue weighted by Gasteiger charge is -2.53. The molecular formula is C33H44O8. The van der Waals surface area contributed by atoms with E-state index in [0.29, 0.717) is 29.9 Å². The number of carbonyl (C=O) groups is 3. The van der Waals surface area contributed by atoms with Crippen LogP contribution in [-0.4, -0.2) is 58.6 Å². The molecule has 2 saturated heterocycles. The maximum absolute atomic E-state index is 14.9. The highest BCUT2D eigenvalue weighted by molar-refractivity contribution is 5.96. The van der Waals surface area contributed by atoms with Gasteiger partial charge in [-0.2, -0.15) is 0 Å². The first kappa shape index (κ1) is 27.8. The molecule has 3 saturated carbocycles. The van der Waals surface area contributed by atoms with Crippen molar-refractivity contribution in [2.75, 3.05) is 6.61 Å². The molecule has 1 spiro atoms. The summed E-state index contributed by atoms with van der Waals surface area (Å²) in [5, 5.41) is 13.3. The van der Waals surface area contributed by atoms with Gasteiger partial charge in [-0.15, -0.1) is 0 Å². The molecule has 2 heterocycles. The molecule has 7 rings (SSSR count). The van der Waals surface area contributed by atoms with E-state index in [1.165, 1.54) is 0 Å². The molecule has 10 atom stereocenters. The molecule has 8 nitrogen and oxygen atoms in total. The summed E-state index contributed by atoms with van der Waals surface area (Å²) in [7, 11) is 0. The zero-order chi connectivity index (χ0) is 29.9. The first-order valence-corrected chi connectivity index (χ1v) is 15.2.